The molecule has 0 aliphatic carbocycles. The Labute approximate surface area is 147 Å². The van der Waals surface area contributed by atoms with E-state index in [-0.39, 0.29) is 5.75 Å². The van der Waals surface area contributed by atoms with Crippen molar-refractivity contribution in [2.45, 2.75) is 19.9 Å². The van der Waals surface area contributed by atoms with E-state index in [1.54, 1.807) is 18.4 Å². The molecule has 0 saturated carbocycles. The molecule has 136 valence electrons. The summed E-state index contributed by atoms with van der Waals surface area (Å²) in [5, 5.41) is 16.4. The van der Waals surface area contributed by atoms with Gasteiger partial charge in [-0.15, -0.1) is 0 Å². The summed E-state index contributed by atoms with van der Waals surface area (Å²) in [5.74, 6) is 2.35. The summed E-state index contributed by atoms with van der Waals surface area (Å²) in [4.78, 5) is 4.55. The molecule has 0 amide bonds. The van der Waals surface area contributed by atoms with Crippen molar-refractivity contribution in [2.75, 3.05) is 27.3 Å². The molecule has 2 aromatic rings. The summed E-state index contributed by atoms with van der Waals surface area (Å²) in [5.41, 5.74) is 0.870. The molecule has 0 saturated heterocycles. The van der Waals surface area contributed by atoms with Crippen LogP contribution in [0.25, 0.3) is 0 Å². The Kier molecular flexibility index (Phi) is 7.00. The van der Waals surface area contributed by atoms with E-state index in [9.17, 15) is 5.11 Å². The van der Waals surface area contributed by atoms with Crippen molar-refractivity contribution >= 4 is 5.96 Å². The van der Waals surface area contributed by atoms with Crippen LogP contribution in [-0.2, 0) is 13.0 Å². The van der Waals surface area contributed by atoms with Gasteiger partial charge in [-0.2, -0.15) is 0 Å². The first kappa shape index (κ1) is 18.5. The van der Waals surface area contributed by atoms with Crippen LogP contribution < -0.4 is 20.1 Å². The fourth-order valence-electron chi connectivity index (χ4n) is 2.31. The maximum Gasteiger partial charge on any atom is 0.200 e. The van der Waals surface area contributed by atoms with Crippen molar-refractivity contribution in [2.24, 2.45) is 4.99 Å². The van der Waals surface area contributed by atoms with Gasteiger partial charge in [-0.1, -0.05) is 0 Å². The minimum absolute atomic E-state index is 0.0128. The highest BCUT2D eigenvalue weighted by molar-refractivity contribution is 5.79. The minimum atomic E-state index is -0.0128. The molecular formula is C18H25N3O4. The predicted octanol–water partition coefficient (Wildman–Crippen LogP) is 2.30. The number of aromatic hydroxyl groups is 1. The highest BCUT2D eigenvalue weighted by Gasteiger charge is 2.11. The number of phenols is 1. The van der Waals surface area contributed by atoms with E-state index in [0.29, 0.717) is 30.5 Å². The van der Waals surface area contributed by atoms with Crippen molar-refractivity contribution in [1.82, 2.24) is 10.6 Å². The van der Waals surface area contributed by atoms with Crippen molar-refractivity contribution in [3.63, 3.8) is 0 Å². The summed E-state index contributed by atoms with van der Waals surface area (Å²) >= 11 is 0. The van der Waals surface area contributed by atoms with Crippen LogP contribution in [0.2, 0.25) is 0 Å². The lowest BCUT2D eigenvalue weighted by Crippen LogP contribution is -2.38. The molecule has 0 bridgehead atoms. The van der Waals surface area contributed by atoms with Gasteiger partial charge in [0.05, 0.1) is 27.0 Å². The van der Waals surface area contributed by atoms with Gasteiger partial charge in [-0.3, -0.25) is 0 Å². The molecule has 3 N–H and O–H groups in total. The summed E-state index contributed by atoms with van der Waals surface area (Å²) in [6.45, 7) is 3.90. The Morgan fingerprint density at radius 3 is 2.48 bits per heavy atom. The lowest BCUT2D eigenvalue weighted by molar-refractivity contribution is 0.339. The number of ether oxygens (including phenoxy) is 2. The fourth-order valence-corrected chi connectivity index (χ4v) is 2.31. The van der Waals surface area contributed by atoms with E-state index < -0.39 is 0 Å². The molecule has 1 aromatic heterocycles. The highest BCUT2D eigenvalue weighted by atomic mass is 16.5. The Hall–Kier alpha value is -2.83. The van der Waals surface area contributed by atoms with Gasteiger partial charge in [0, 0.05) is 19.5 Å². The van der Waals surface area contributed by atoms with E-state index in [1.807, 2.05) is 19.1 Å². The highest BCUT2D eigenvalue weighted by Crippen LogP contribution is 2.37. The van der Waals surface area contributed by atoms with Crippen molar-refractivity contribution in [3.05, 3.63) is 41.9 Å². The molecule has 0 fully saturated rings. The second kappa shape index (κ2) is 9.46. The third-order valence-electron chi connectivity index (χ3n) is 3.55. The predicted molar refractivity (Wildman–Crippen MR) is 96.4 cm³/mol. The molecule has 2 rings (SSSR count). The SMILES string of the molecule is CCNC(=NCc1cc(OC)c(O)c(OC)c1)NCCc1ccco1. The molecule has 0 radical (unpaired) electrons. The maximum atomic E-state index is 9.96. The van der Waals surface area contributed by atoms with Crippen LogP contribution in [0.5, 0.6) is 17.2 Å². The summed E-state index contributed by atoms with van der Waals surface area (Å²) in [6, 6.07) is 7.31. The Morgan fingerprint density at radius 1 is 1.20 bits per heavy atom. The van der Waals surface area contributed by atoms with Gasteiger partial charge >= 0.3 is 0 Å². The van der Waals surface area contributed by atoms with Gasteiger partial charge in [-0.25, -0.2) is 4.99 Å². The molecule has 0 spiro atoms. The van der Waals surface area contributed by atoms with Crippen LogP contribution in [0.3, 0.4) is 0 Å². The Balaban J connectivity index is 2.02. The van der Waals surface area contributed by atoms with Gasteiger partial charge in [0.25, 0.3) is 0 Å². The number of nitrogens with zero attached hydrogens (tertiary/aromatic N) is 1. The maximum absolute atomic E-state index is 9.96. The molecule has 7 nitrogen and oxygen atoms in total. The second-order valence-corrected chi connectivity index (χ2v) is 5.30. The number of aliphatic imine (C=N–C) groups is 1. The number of methoxy groups -OCH3 is 2. The molecule has 1 heterocycles. The molecule has 1 aromatic carbocycles. The normalized spacial score (nSPS) is 11.2. The first-order valence-corrected chi connectivity index (χ1v) is 8.16. The Bertz CT molecular complexity index is 659. The lowest BCUT2D eigenvalue weighted by Gasteiger charge is -2.12. The lowest BCUT2D eigenvalue weighted by atomic mass is 10.2. The first-order chi connectivity index (χ1) is 12.2. The van der Waals surface area contributed by atoms with Crippen LogP contribution >= 0.6 is 0 Å². The fraction of sp³-hybridized carbons (Fsp3) is 0.389. The number of hydrogen-bond donors (Lipinski definition) is 3. The topological polar surface area (TPSA) is 88.3 Å². The quantitative estimate of drug-likeness (QED) is 0.502. The number of phenolic OH excluding ortho intramolecular Hbond substituents is 1. The van der Waals surface area contributed by atoms with Gasteiger partial charge in [0.2, 0.25) is 5.75 Å². The Morgan fingerprint density at radius 2 is 1.92 bits per heavy atom. The standard InChI is InChI=1S/C18H25N3O4/c1-4-19-18(20-8-7-14-6-5-9-25-14)21-12-13-10-15(23-2)17(22)16(11-13)24-3/h5-6,9-11,22H,4,7-8,12H2,1-3H3,(H2,19,20,21). The second-order valence-electron chi connectivity index (χ2n) is 5.30. The van der Waals surface area contributed by atoms with Crippen LogP contribution in [0.15, 0.2) is 39.9 Å². The van der Waals surface area contributed by atoms with Crippen molar-refractivity contribution < 1.29 is 19.0 Å². The monoisotopic (exact) mass is 347 g/mol. The molecular weight excluding hydrogens is 322 g/mol. The van der Waals surface area contributed by atoms with Crippen LogP contribution in [0.4, 0.5) is 0 Å². The number of furan rings is 1. The minimum Gasteiger partial charge on any atom is -0.502 e. The van der Waals surface area contributed by atoms with E-state index >= 15 is 0 Å². The number of guanidine groups is 1. The van der Waals surface area contributed by atoms with Gasteiger partial charge in [0.1, 0.15) is 5.76 Å². The van der Waals surface area contributed by atoms with Crippen molar-refractivity contribution in [3.8, 4) is 17.2 Å². The molecule has 0 aliphatic rings. The van der Waals surface area contributed by atoms with Gasteiger partial charge in [-0.05, 0) is 36.8 Å². The molecule has 0 aliphatic heterocycles. The third-order valence-corrected chi connectivity index (χ3v) is 3.55. The molecule has 0 atom stereocenters. The van der Waals surface area contributed by atoms with Crippen LogP contribution in [-0.4, -0.2) is 38.4 Å². The number of nitrogens with one attached hydrogen (secondary N) is 2. The van der Waals surface area contributed by atoms with E-state index in [4.69, 9.17) is 13.9 Å². The average molecular weight is 347 g/mol. The van der Waals surface area contributed by atoms with Gasteiger partial charge in [0.15, 0.2) is 17.5 Å². The molecule has 25 heavy (non-hydrogen) atoms. The van der Waals surface area contributed by atoms with Gasteiger partial charge < -0.3 is 29.6 Å². The van der Waals surface area contributed by atoms with Crippen LogP contribution in [0.1, 0.15) is 18.2 Å². The number of rotatable bonds is 8. The zero-order valence-corrected chi connectivity index (χ0v) is 14.8. The number of hydrogen-bond acceptors (Lipinski definition) is 5. The smallest absolute Gasteiger partial charge is 0.200 e. The van der Waals surface area contributed by atoms with Crippen molar-refractivity contribution in [1.29, 1.82) is 0 Å². The third kappa shape index (κ3) is 5.34. The molecule has 7 heteroatoms. The zero-order valence-electron chi connectivity index (χ0n) is 14.8. The first-order valence-electron chi connectivity index (χ1n) is 8.16. The zero-order chi connectivity index (χ0) is 18.1. The van der Waals surface area contributed by atoms with E-state index in [1.165, 1.54) is 14.2 Å². The summed E-state index contributed by atoms with van der Waals surface area (Å²) in [7, 11) is 3.00. The molecule has 0 unspecified atom stereocenters. The average Bonchev–Trinajstić information content (AvgIpc) is 3.14. The number of benzene rings is 1. The summed E-state index contributed by atoms with van der Waals surface area (Å²) in [6.07, 6.45) is 2.44. The van der Waals surface area contributed by atoms with E-state index in [2.05, 4.69) is 15.6 Å². The van der Waals surface area contributed by atoms with Crippen LogP contribution in [0, 0.1) is 0 Å². The largest absolute Gasteiger partial charge is 0.502 e. The summed E-state index contributed by atoms with van der Waals surface area (Å²) < 4.78 is 15.7. The van der Waals surface area contributed by atoms with E-state index in [0.717, 1.165) is 24.3 Å².